The number of nitro groups is 1. The summed E-state index contributed by atoms with van der Waals surface area (Å²) in [5.74, 6) is 0.386. The molecule has 0 radical (unpaired) electrons. The van der Waals surface area contributed by atoms with Crippen LogP contribution in [-0.4, -0.2) is 14.9 Å². The average Bonchev–Trinajstić information content (AvgIpc) is 2.60. The van der Waals surface area contributed by atoms with Crippen LogP contribution in [0.25, 0.3) is 11.4 Å². The largest absolute Gasteiger partial charge is 0.366 e. The van der Waals surface area contributed by atoms with Crippen molar-refractivity contribution in [1.82, 2.24) is 9.97 Å². The van der Waals surface area contributed by atoms with Gasteiger partial charge in [0, 0.05) is 30.3 Å². The number of hydrogen-bond donors (Lipinski definition) is 1. The molecule has 25 heavy (non-hydrogen) atoms. The van der Waals surface area contributed by atoms with Gasteiger partial charge >= 0.3 is 0 Å². The maximum absolute atomic E-state index is 13.4. The molecule has 0 amide bonds. The summed E-state index contributed by atoms with van der Waals surface area (Å²) < 4.78 is 13.4. The molecule has 0 fully saturated rings. The number of nitrogens with one attached hydrogen (secondary N) is 1. The van der Waals surface area contributed by atoms with Crippen LogP contribution < -0.4 is 5.32 Å². The van der Waals surface area contributed by atoms with Crippen LogP contribution in [0.4, 0.5) is 15.9 Å². The summed E-state index contributed by atoms with van der Waals surface area (Å²) >= 11 is 6.02. The van der Waals surface area contributed by atoms with Gasteiger partial charge in [-0.15, -0.1) is 0 Å². The Hall–Kier alpha value is -3.06. The molecular weight excluding hydrogens is 347 g/mol. The first-order chi connectivity index (χ1) is 12.0. The second-order valence-electron chi connectivity index (χ2n) is 5.19. The van der Waals surface area contributed by atoms with Crippen molar-refractivity contribution < 1.29 is 9.31 Å². The minimum Gasteiger partial charge on any atom is -0.366 e. The zero-order chi connectivity index (χ0) is 17.8. The van der Waals surface area contributed by atoms with Gasteiger partial charge in [0.15, 0.2) is 5.82 Å². The molecular formula is C17H12ClFN4O2. The van der Waals surface area contributed by atoms with Crippen LogP contribution in [-0.2, 0) is 6.54 Å². The molecule has 1 heterocycles. The minimum atomic E-state index is -0.452. The first-order valence-electron chi connectivity index (χ1n) is 7.29. The van der Waals surface area contributed by atoms with E-state index in [1.54, 1.807) is 30.3 Å². The Morgan fingerprint density at radius 2 is 1.88 bits per heavy atom. The standard InChI is InChI=1S/C17H12ClFN4O2/c18-15-9-16(20-10-11-4-6-14(7-5-11)23(24)25)22-17(21-15)12-2-1-3-13(19)8-12/h1-9H,10H2,(H,20,21,22). The highest BCUT2D eigenvalue weighted by molar-refractivity contribution is 6.29. The fourth-order valence-electron chi connectivity index (χ4n) is 2.19. The average molecular weight is 359 g/mol. The fourth-order valence-corrected chi connectivity index (χ4v) is 2.38. The Morgan fingerprint density at radius 1 is 1.12 bits per heavy atom. The molecule has 126 valence electrons. The van der Waals surface area contributed by atoms with Gasteiger partial charge in [-0.1, -0.05) is 35.9 Å². The van der Waals surface area contributed by atoms with Gasteiger partial charge in [-0.3, -0.25) is 10.1 Å². The number of rotatable bonds is 5. The van der Waals surface area contributed by atoms with Crippen molar-refractivity contribution in [1.29, 1.82) is 0 Å². The number of hydrogen-bond acceptors (Lipinski definition) is 5. The summed E-state index contributed by atoms with van der Waals surface area (Å²) in [5.41, 5.74) is 1.38. The van der Waals surface area contributed by atoms with Crippen molar-refractivity contribution in [3.8, 4) is 11.4 Å². The second kappa shape index (κ2) is 7.23. The van der Waals surface area contributed by atoms with Gasteiger partial charge < -0.3 is 5.32 Å². The van der Waals surface area contributed by atoms with E-state index in [1.165, 1.54) is 24.3 Å². The molecule has 2 aromatic carbocycles. The summed E-state index contributed by atoms with van der Waals surface area (Å²) in [5, 5.41) is 14.0. The van der Waals surface area contributed by atoms with E-state index in [-0.39, 0.29) is 16.7 Å². The number of nitrogens with zero attached hydrogens (tertiary/aromatic N) is 3. The second-order valence-corrected chi connectivity index (χ2v) is 5.57. The zero-order valence-electron chi connectivity index (χ0n) is 12.8. The van der Waals surface area contributed by atoms with Gasteiger partial charge in [-0.25, -0.2) is 14.4 Å². The molecule has 0 saturated carbocycles. The third-order valence-electron chi connectivity index (χ3n) is 3.40. The quantitative estimate of drug-likeness (QED) is 0.414. The summed E-state index contributed by atoms with van der Waals surface area (Å²) in [4.78, 5) is 18.6. The van der Waals surface area contributed by atoms with E-state index in [1.807, 2.05) is 0 Å². The van der Waals surface area contributed by atoms with Crippen LogP contribution >= 0.6 is 11.6 Å². The molecule has 8 heteroatoms. The van der Waals surface area contributed by atoms with Gasteiger partial charge in [0.1, 0.15) is 16.8 Å². The Labute approximate surface area is 147 Å². The molecule has 0 unspecified atom stereocenters. The smallest absolute Gasteiger partial charge is 0.269 e. The highest BCUT2D eigenvalue weighted by Crippen LogP contribution is 2.21. The van der Waals surface area contributed by atoms with Crippen LogP contribution in [0.3, 0.4) is 0 Å². The minimum absolute atomic E-state index is 0.0298. The van der Waals surface area contributed by atoms with E-state index in [0.29, 0.717) is 23.8 Å². The topological polar surface area (TPSA) is 81.0 Å². The monoisotopic (exact) mass is 358 g/mol. The van der Waals surface area contributed by atoms with Crippen molar-refractivity contribution in [3.63, 3.8) is 0 Å². The zero-order valence-corrected chi connectivity index (χ0v) is 13.6. The third kappa shape index (κ3) is 4.27. The SMILES string of the molecule is O=[N+]([O-])c1ccc(CNc2cc(Cl)nc(-c3cccc(F)c3)n2)cc1. The lowest BCUT2D eigenvalue weighted by Crippen LogP contribution is -2.03. The first kappa shape index (κ1) is 16.8. The lowest BCUT2D eigenvalue weighted by atomic mass is 10.2. The van der Waals surface area contributed by atoms with Crippen LogP contribution in [0.1, 0.15) is 5.56 Å². The van der Waals surface area contributed by atoms with Crippen LogP contribution in [0, 0.1) is 15.9 Å². The third-order valence-corrected chi connectivity index (χ3v) is 3.59. The molecule has 1 aromatic heterocycles. The van der Waals surface area contributed by atoms with Gasteiger partial charge in [0.2, 0.25) is 0 Å². The van der Waals surface area contributed by atoms with Crippen molar-refractivity contribution >= 4 is 23.1 Å². The first-order valence-corrected chi connectivity index (χ1v) is 7.67. The van der Waals surface area contributed by atoms with Crippen molar-refractivity contribution in [2.45, 2.75) is 6.54 Å². The van der Waals surface area contributed by atoms with Crippen molar-refractivity contribution in [2.75, 3.05) is 5.32 Å². The molecule has 0 aliphatic rings. The highest BCUT2D eigenvalue weighted by Gasteiger charge is 2.08. The van der Waals surface area contributed by atoms with E-state index in [0.717, 1.165) is 5.56 Å². The van der Waals surface area contributed by atoms with Crippen LogP contribution in [0.2, 0.25) is 5.15 Å². The van der Waals surface area contributed by atoms with Gasteiger partial charge in [-0.2, -0.15) is 0 Å². The molecule has 0 bridgehead atoms. The van der Waals surface area contributed by atoms with E-state index in [2.05, 4.69) is 15.3 Å². The van der Waals surface area contributed by atoms with Crippen molar-refractivity contribution in [3.05, 3.63) is 81.2 Å². The summed E-state index contributed by atoms with van der Waals surface area (Å²) in [6.07, 6.45) is 0. The van der Waals surface area contributed by atoms with E-state index >= 15 is 0 Å². The van der Waals surface area contributed by atoms with Crippen LogP contribution in [0.15, 0.2) is 54.6 Å². The highest BCUT2D eigenvalue weighted by atomic mass is 35.5. The normalized spacial score (nSPS) is 10.5. The Kier molecular flexibility index (Phi) is 4.85. The molecule has 6 nitrogen and oxygen atoms in total. The van der Waals surface area contributed by atoms with E-state index < -0.39 is 4.92 Å². The number of benzene rings is 2. The van der Waals surface area contributed by atoms with E-state index in [4.69, 9.17) is 11.6 Å². The number of halogens is 2. The van der Waals surface area contributed by atoms with Gasteiger partial charge in [0.25, 0.3) is 5.69 Å². The number of aromatic nitrogens is 2. The lowest BCUT2D eigenvalue weighted by molar-refractivity contribution is -0.384. The molecule has 3 rings (SSSR count). The summed E-state index contributed by atoms with van der Waals surface area (Å²) in [6.45, 7) is 0.397. The summed E-state index contributed by atoms with van der Waals surface area (Å²) in [7, 11) is 0. The van der Waals surface area contributed by atoms with Gasteiger partial charge in [0.05, 0.1) is 4.92 Å². The molecule has 0 aliphatic carbocycles. The lowest BCUT2D eigenvalue weighted by Gasteiger charge is -2.08. The fraction of sp³-hybridized carbons (Fsp3) is 0.0588. The Morgan fingerprint density at radius 3 is 2.56 bits per heavy atom. The van der Waals surface area contributed by atoms with Crippen molar-refractivity contribution in [2.24, 2.45) is 0 Å². The molecule has 0 saturated heterocycles. The number of nitro benzene ring substituents is 1. The molecule has 0 atom stereocenters. The van der Waals surface area contributed by atoms with Gasteiger partial charge in [-0.05, 0) is 17.7 Å². The maximum atomic E-state index is 13.4. The maximum Gasteiger partial charge on any atom is 0.269 e. The predicted octanol–water partition coefficient (Wildman–Crippen LogP) is 4.46. The summed E-state index contributed by atoms with van der Waals surface area (Å²) in [6, 6.07) is 13.6. The van der Waals surface area contributed by atoms with E-state index in [9.17, 15) is 14.5 Å². The predicted molar refractivity (Wildman–Crippen MR) is 92.9 cm³/mol. The van der Waals surface area contributed by atoms with Crippen LogP contribution in [0.5, 0.6) is 0 Å². The molecule has 3 aromatic rings. The molecule has 0 spiro atoms. The molecule has 1 N–H and O–H groups in total. The number of non-ortho nitro benzene ring substituents is 1. The number of anilines is 1. The Bertz CT molecular complexity index is 919. The molecule has 0 aliphatic heterocycles. The Balaban J connectivity index is 1.77.